The summed E-state index contributed by atoms with van der Waals surface area (Å²) in [5, 5.41) is 7.58. The molecule has 0 aliphatic rings. The quantitative estimate of drug-likeness (QED) is 0.523. The summed E-state index contributed by atoms with van der Waals surface area (Å²) in [5.41, 5.74) is 7.45. The van der Waals surface area contributed by atoms with E-state index in [1.165, 1.54) is 0 Å². The number of hydrogen-bond donors (Lipinski definition) is 3. The first-order valence-corrected chi connectivity index (χ1v) is 8.82. The number of halogens is 1. The third-order valence-corrected chi connectivity index (χ3v) is 4.07. The number of hydrogen-bond acceptors (Lipinski definition) is 3. The fourth-order valence-electron chi connectivity index (χ4n) is 2.15. The monoisotopic (exact) mass is 409 g/mol. The lowest BCUT2D eigenvalue weighted by molar-refractivity contribution is -0.125. The molecule has 1 unspecified atom stereocenters. The van der Waals surface area contributed by atoms with Gasteiger partial charge in [0, 0.05) is 11.9 Å². The van der Waals surface area contributed by atoms with E-state index in [4.69, 9.17) is 12.2 Å². The molecule has 8 heteroatoms. The van der Waals surface area contributed by atoms with Crippen LogP contribution in [0.5, 0.6) is 0 Å². The number of aryl methyl sites for hydroxylation is 1. The number of aromatic nitrogens is 2. The van der Waals surface area contributed by atoms with Gasteiger partial charge >= 0.3 is 0 Å². The van der Waals surface area contributed by atoms with Gasteiger partial charge in [-0.05, 0) is 46.2 Å². The average Bonchev–Trinajstić information content (AvgIpc) is 2.98. The standard InChI is InChI=1S/C16H20BrN5OS/c1-3-12-6-4-5-7-14(12)19-16(24)21-20-15(23)11(2)9-22-10-13(17)8-18-22/h4-8,10-11H,3,9H2,1-2H3,(H,20,23)(H2,19,21,24). The Bertz CT molecular complexity index is 718. The summed E-state index contributed by atoms with van der Waals surface area (Å²) >= 11 is 8.55. The van der Waals surface area contributed by atoms with Gasteiger partial charge in [0.25, 0.3) is 0 Å². The molecule has 0 saturated carbocycles. The lowest BCUT2D eigenvalue weighted by Crippen LogP contribution is -2.46. The van der Waals surface area contributed by atoms with Crippen LogP contribution in [0.15, 0.2) is 41.1 Å². The van der Waals surface area contributed by atoms with Crippen molar-refractivity contribution in [1.82, 2.24) is 20.6 Å². The van der Waals surface area contributed by atoms with Crippen molar-refractivity contribution in [2.45, 2.75) is 26.8 Å². The molecule has 0 bridgehead atoms. The number of para-hydroxylation sites is 1. The van der Waals surface area contributed by atoms with Crippen LogP contribution in [0.2, 0.25) is 0 Å². The number of nitrogens with one attached hydrogen (secondary N) is 3. The highest BCUT2D eigenvalue weighted by Gasteiger charge is 2.14. The summed E-state index contributed by atoms with van der Waals surface area (Å²) in [6, 6.07) is 7.91. The summed E-state index contributed by atoms with van der Waals surface area (Å²) in [6.45, 7) is 4.39. The van der Waals surface area contributed by atoms with Gasteiger partial charge in [-0.1, -0.05) is 32.0 Å². The fourth-order valence-corrected chi connectivity index (χ4v) is 2.64. The molecule has 1 amide bonds. The van der Waals surface area contributed by atoms with E-state index in [1.807, 2.05) is 37.4 Å². The highest BCUT2D eigenvalue weighted by atomic mass is 79.9. The van der Waals surface area contributed by atoms with Crippen LogP contribution < -0.4 is 16.2 Å². The van der Waals surface area contributed by atoms with Gasteiger partial charge in [-0.15, -0.1) is 0 Å². The van der Waals surface area contributed by atoms with Crippen molar-refractivity contribution < 1.29 is 4.79 Å². The molecule has 24 heavy (non-hydrogen) atoms. The number of carbonyl (C=O) groups is 1. The molecule has 0 aliphatic carbocycles. The van der Waals surface area contributed by atoms with Crippen molar-refractivity contribution >= 4 is 44.9 Å². The first-order chi connectivity index (χ1) is 11.5. The van der Waals surface area contributed by atoms with Crippen LogP contribution in [0, 0.1) is 5.92 Å². The normalized spacial score (nSPS) is 11.6. The summed E-state index contributed by atoms with van der Waals surface area (Å²) in [7, 11) is 0. The SMILES string of the molecule is CCc1ccccc1NC(=S)NNC(=O)C(C)Cn1cc(Br)cn1. The number of carbonyl (C=O) groups excluding carboxylic acids is 1. The minimum Gasteiger partial charge on any atom is -0.331 e. The molecule has 0 spiro atoms. The topological polar surface area (TPSA) is 71.0 Å². The predicted molar refractivity (Wildman–Crippen MR) is 102 cm³/mol. The molecule has 1 atom stereocenters. The zero-order chi connectivity index (χ0) is 17.5. The second kappa shape index (κ2) is 8.79. The van der Waals surface area contributed by atoms with E-state index < -0.39 is 0 Å². The van der Waals surface area contributed by atoms with E-state index in [2.05, 4.69) is 44.1 Å². The molecule has 2 rings (SSSR count). The Morgan fingerprint density at radius 2 is 2.12 bits per heavy atom. The third-order valence-electron chi connectivity index (χ3n) is 3.46. The largest absolute Gasteiger partial charge is 0.331 e. The second-order valence-electron chi connectivity index (χ2n) is 5.36. The first-order valence-electron chi connectivity index (χ1n) is 7.62. The van der Waals surface area contributed by atoms with Crippen LogP contribution in [0.3, 0.4) is 0 Å². The highest BCUT2D eigenvalue weighted by molar-refractivity contribution is 9.10. The average molecular weight is 410 g/mol. The van der Waals surface area contributed by atoms with E-state index >= 15 is 0 Å². The number of thiocarbonyl (C=S) groups is 1. The van der Waals surface area contributed by atoms with Gasteiger partial charge in [0.15, 0.2) is 5.11 Å². The van der Waals surface area contributed by atoms with Crippen molar-refractivity contribution in [3.8, 4) is 0 Å². The lowest BCUT2D eigenvalue weighted by atomic mass is 10.1. The van der Waals surface area contributed by atoms with E-state index in [1.54, 1.807) is 10.9 Å². The van der Waals surface area contributed by atoms with Gasteiger partial charge in [-0.3, -0.25) is 20.3 Å². The van der Waals surface area contributed by atoms with Crippen LogP contribution in [0.1, 0.15) is 19.4 Å². The minimum atomic E-state index is -0.255. The smallest absolute Gasteiger partial charge is 0.243 e. The number of anilines is 1. The Hall–Kier alpha value is -1.93. The molecule has 1 aromatic carbocycles. The molecule has 2 aromatic rings. The molecule has 0 fully saturated rings. The molecule has 0 aliphatic heterocycles. The Kier molecular flexibility index (Phi) is 6.74. The van der Waals surface area contributed by atoms with Gasteiger partial charge < -0.3 is 5.32 Å². The van der Waals surface area contributed by atoms with Crippen LogP contribution >= 0.6 is 28.1 Å². The summed E-state index contributed by atoms with van der Waals surface area (Å²) in [6.07, 6.45) is 4.41. The van der Waals surface area contributed by atoms with E-state index in [0.29, 0.717) is 11.7 Å². The van der Waals surface area contributed by atoms with Gasteiger partial charge in [0.05, 0.1) is 23.1 Å². The third kappa shape index (κ3) is 5.31. The lowest BCUT2D eigenvalue weighted by Gasteiger charge is -2.16. The zero-order valence-electron chi connectivity index (χ0n) is 13.5. The van der Waals surface area contributed by atoms with Gasteiger partial charge in [-0.25, -0.2) is 0 Å². The van der Waals surface area contributed by atoms with Crippen molar-refractivity contribution in [3.05, 3.63) is 46.7 Å². The zero-order valence-corrected chi connectivity index (χ0v) is 15.9. The number of amides is 1. The van der Waals surface area contributed by atoms with Crippen molar-refractivity contribution in [3.63, 3.8) is 0 Å². The fraction of sp³-hybridized carbons (Fsp3) is 0.312. The van der Waals surface area contributed by atoms with Crippen LogP contribution in [0.25, 0.3) is 0 Å². The molecular formula is C16H20BrN5OS. The summed E-state index contributed by atoms with van der Waals surface area (Å²) in [4.78, 5) is 12.1. The van der Waals surface area contributed by atoms with E-state index in [0.717, 1.165) is 22.1 Å². The maximum absolute atomic E-state index is 12.1. The molecule has 0 radical (unpaired) electrons. The molecule has 128 valence electrons. The van der Waals surface area contributed by atoms with Gasteiger partial charge in [0.1, 0.15) is 0 Å². The van der Waals surface area contributed by atoms with Crippen molar-refractivity contribution in [2.75, 3.05) is 5.32 Å². The van der Waals surface area contributed by atoms with Crippen LogP contribution in [0.4, 0.5) is 5.69 Å². The predicted octanol–water partition coefficient (Wildman–Crippen LogP) is 2.86. The second-order valence-corrected chi connectivity index (χ2v) is 6.68. The van der Waals surface area contributed by atoms with Gasteiger partial charge in [-0.2, -0.15) is 5.10 Å². The molecule has 6 nitrogen and oxygen atoms in total. The minimum absolute atomic E-state index is 0.158. The van der Waals surface area contributed by atoms with E-state index in [-0.39, 0.29) is 11.8 Å². The molecule has 1 heterocycles. The Balaban J connectivity index is 1.81. The van der Waals surface area contributed by atoms with Crippen LogP contribution in [-0.2, 0) is 17.8 Å². The Labute approximate surface area is 155 Å². The summed E-state index contributed by atoms with van der Waals surface area (Å²) in [5.74, 6) is -0.412. The Morgan fingerprint density at radius 1 is 1.38 bits per heavy atom. The molecule has 3 N–H and O–H groups in total. The number of rotatable bonds is 5. The molecule has 0 saturated heterocycles. The van der Waals surface area contributed by atoms with Crippen molar-refractivity contribution in [2.24, 2.45) is 5.92 Å². The Morgan fingerprint density at radius 3 is 2.79 bits per heavy atom. The summed E-state index contributed by atoms with van der Waals surface area (Å²) < 4.78 is 2.59. The molecule has 1 aromatic heterocycles. The number of hydrazine groups is 1. The van der Waals surface area contributed by atoms with Gasteiger partial charge in [0.2, 0.25) is 5.91 Å². The highest BCUT2D eigenvalue weighted by Crippen LogP contribution is 2.15. The molecular weight excluding hydrogens is 390 g/mol. The maximum atomic E-state index is 12.1. The van der Waals surface area contributed by atoms with Crippen LogP contribution in [-0.4, -0.2) is 20.8 Å². The first kappa shape index (κ1) is 18.4. The van der Waals surface area contributed by atoms with Crippen molar-refractivity contribution in [1.29, 1.82) is 0 Å². The maximum Gasteiger partial charge on any atom is 0.243 e. The number of nitrogens with zero attached hydrogens (tertiary/aromatic N) is 2. The number of benzene rings is 1. The van der Waals surface area contributed by atoms with E-state index in [9.17, 15) is 4.79 Å².